The molecule has 0 bridgehead atoms. The first-order chi connectivity index (χ1) is 13.7. The van der Waals surface area contributed by atoms with Crippen LogP contribution in [0.4, 0.5) is 11.4 Å². The van der Waals surface area contributed by atoms with Gasteiger partial charge in [0.05, 0.1) is 11.9 Å². The molecule has 0 aliphatic carbocycles. The average Bonchev–Trinajstić information content (AvgIpc) is 2.69. The predicted molar refractivity (Wildman–Crippen MR) is 117 cm³/mol. The van der Waals surface area contributed by atoms with Crippen LogP contribution in [0.5, 0.6) is 0 Å². The summed E-state index contributed by atoms with van der Waals surface area (Å²) in [6.07, 6.45) is 2.80. The molecule has 156 valence electrons. The van der Waals surface area contributed by atoms with Gasteiger partial charge in [0, 0.05) is 25.2 Å². The van der Waals surface area contributed by atoms with Gasteiger partial charge in [-0.3, -0.25) is 14.0 Å². The van der Waals surface area contributed by atoms with E-state index < -0.39 is 10.0 Å². The highest BCUT2D eigenvalue weighted by atomic mass is 32.2. The summed E-state index contributed by atoms with van der Waals surface area (Å²) in [4.78, 5) is 15.1. The lowest BCUT2D eigenvalue weighted by atomic mass is 9.95. The fraction of sp³-hybridized carbons (Fsp3) is 0.409. The minimum atomic E-state index is -3.34. The maximum Gasteiger partial charge on any atom is 0.231 e. The number of hydrogen-bond acceptors (Lipinski definition) is 4. The fourth-order valence-corrected chi connectivity index (χ4v) is 4.02. The number of likely N-dealkylation sites (tertiary alicyclic amines) is 1. The summed E-state index contributed by atoms with van der Waals surface area (Å²) in [7, 11) is -1.84. The van der Waals surface area contributed by atoms with E-state index in [0.717, 1.165) is 38.7 Å². The fourth-order valence-electron chi connectivity index (χ4n) is 3.52. The van der Waals surface area contributed by atoms with Crippen molar-refractivity contribution in [3.8, 4) is 0 Å². The number of carbonyl (C=O) groups excluding carboxylic acids is 1. The number of hydrogen-bond donors (Lipinski definition) is 1. The van der Waals surface area contributed by atoms with E-state index in [1.165, 1.54) is 22.5 Å². The van der Waals surface area contributed by atoms with Crippen molar-refractivity contribution in [2.45, 2.75) is 26.3 Å². The maximum atomic E-state index is 12.7. The minimum Gasteiger partial charge on any atom is -0.326 e. The third kappa shape index (κ3) is 5.81. The lowest BCUT2D eigenvalue weighted by molar-refractivity contribution is -0.121. The number of rotatable bonds is 6. The molecule has 1 aliphatic rings. The van der Waals surface area contributed by atoms with Crippen molar-refractivity contribution < 1.29 is 13.2 Å². The lowest BCUT2D eigenvalue weighted by Crippen LogP contribution is -2.37. The van der Waals surface area contributed by atoms with Crippen LogP contribution in [-0.2, 0) is 21.4 Å². The number of benzene rings is 2. The average molecular weight is 416 g/mol. The van der Waals surface area contributed by atoms with Gasteiger partial charge in [-0.25, -0.2) is 8.42 Å². The van der Waals surface area contributed by atoms with E-state index in [0.29, 0.717) is 11.4 Å². The van der Waals surface area contributed by atoms with E-state index in [2.05, 4.69) is 41.4 Å². The van der Waals surface area contributed by atoms with Gasteiger partial charge in [-0.05, 0) is 56.6 Å². The van der Waals surface area contributed by atoms with E-state index in [9.17, 15) is 13.2 Å². The molecule has 1 N–H and O–H groups in total. The summed E-state index contributed by atoms with van der Waals surface area (Å²) in [5.41, 5.74) is 3.70. The Morgan fingerprint density at radius 2 is 1.79 bits per heavy atom. The first-order valence-corrected chi connectivity index (χ1v) is 11.7. The SMILES string of the molecule is Cc1ccc(CN2CCC(C(=O)Nc3cccc(N(C)S(C)(=O)=O)c3)CC2)cc1. The highest BCUT2D eigenvalue weighted by Crippen LogP contribution is 2.24. The Labute approximate surface area is 173 Å². The van der Waals surface area contributed by atoms with Crippen LogP contribution in [0.2, 0.25) is 0 Å². The van der Waals surface area contributed by atoms with Crippen LogP contribution >= 0.6 is 0 Å². The number of sulfonamides is 1. The molecule has 1 heterocycles. The van der Waals surface area contributed by atoms with Crippen LogP contribution in [0.1, 0.15) is 24.0 Å². The van der Waals surface area contributed by atoms with Crippen LogP contribution < -0.4 is 9.62 Å². The van der Waals surface area contributed by atoms with Crippen molar-refractivity contribution in [3.63, 3.8) is 0 Å². The number of amides is 1. The Balaban J connectivity index is 1.54. The summed E-state index contributed by atoms with van der Waals surface area (Å²) in [5.74, 6) is -0.0281. The molecule has 0 spiro atoms. The molecule has 6 nitrogen and oxygen atoms in total. The zero-order valence-electron chi connectivity index (χ0n) is 17.3. The summed E-state index contributed by atoms with van der Waals surface area (Å²) in [5, 5.41) is 2.95. The van der Waals surface area contributed by atoms with Gasteiger partial charge in [0.2, 0.25) is 15.9 Å². The third-order valence-corrected chi connectivity index (χ3v) is 6.67. The van der Waals surface area contributed by atoms with Crippen LogP contribution in [0.25, 0.3) is 0 Å². The van der Waals surface area contributed by atoms with Gasteiger partial charge in [-0.1, -0.05) is 35.9 Å². The normalized spacial score (nSPS) is 15.8. The van der Waals surface area contributed by atoms with Crippen molar-refractivity contribution in [1.29, 1.82) is 0 Å². The van der Waals surface area contributed by atoms with Crippen molar-refractivity contribution in [3.05, 3.63) is 59.7 Å². The van der Waals surface area contributed by atoms with Crippen LogP contribution in [-0.4, -0.2) is 45.6 Å². The van der Waals surface area contributed by atoms with Gasteiger partial charge >= 0.3 is 0 Å². The molecule has 7 heteroatoms. The van der Waals surface area contributed by atoms with Crippen LogP contribution in [0.3, 0.4) is 0 Å². The molecule has 2 aromatic rings. The highest BCUT2D eigenvalue weighted by molar-refractivity contribution is 7.92. The first-order valence-electron chi connectivity index (χ1n) is 9.85. The van der Waals surface area contributed by atoms with Gasteiger partial charge in [0.15, 0.2) is 0 Å². The van der Waals surface area contributed by atoms with Gasteiger partial charge in [0.25, 0.3) is 0 Å². The lowest BCUT2D eigenvalue weighted by Gasteiger charge is -2.31. The molecule has 0 radical (unpaired) electrons. The van der Waals surface area contributed by atoms with E-state index in [-0.39, 0.29) is 11.8 Å². The summed E-state index contributed by atoms with van der Waals surface area (Å²) in [6, 6.07) is 15.5. The monoisotopic (exact) mass is 415 g/mol. The number of aryl methyl sites for hydroxylation is 1. The molecule has 2 aromatic carbocycles. The van der Waals surface area contributed by atoms with Crippen molar-refractivity contribution >= 4 is 27.3 Å². The standard InChI is InChI=1S/C22H29N3O3S/c1-17-7-9-18(10-8-17)16-25-13-11-19(12-14-25)22(26)23-20-5-4-6-21(15-20)24(2)29(3,27)28/h4-10,15,19H,11-14,16H2,1-3H3,(H,23,26). The Morgan fingerprint density at radius 3 is 2.41 bits per heavy atom. The molecule has 1 saturated heterocycles. The summed E-state index contributed by atoms with van der Waals surface area (Å²) < 4.78 is 24.7. The minimum absolute atomic E-state index is 0.000792. The topological polar surface area (TPSA) is 69.7 Å². The summed E-state index contributed by atoms with van der Waals surface area (Å²) >= 11 is 0. The van der Waals surface area contributed by atoms with E-state index >= 15 is 0 Å². The predicted octanol–water partition coefficient (Wildman–Crippen LogP) is 3.24. The van der Waals surface area contributed by atoms with Gasteiger partial charge in [0.1, 0.15) is 0 Å². The first kappa shape index (κ1) is 21.3. The Morgan fingerprint density at radius 1 is 1.14 bits per heavy atom. The molecule has 0 atom stereocenters. The molecule has 1 amide bonds. The molecule has 3 rings (SSSR count). The van der Waals surface area contributed by atoms with Gasteiger partial charge in [-0.2, -0.15) is 0 Å². The second-order valence-electron chi connectivity index (χ2n) is 7.81. The maximum absolute atomic E-state index is 12.7. The molecule has 1 fully saturated rings. The number of carbonyl (C=O) groups is 1. The second-order valence-corrected chi connectivity index (χ2v) is 9.82. The number of piperidine rings is 1. The number of anilines is 2. The highest BCUT2D eigenvalue weighted by Gasteiger charge is 2.25. The largest absolute Gasteiger partial charge is 0.326 e. The van der Waals surface area contributed by atoms with E-state index in [4.69, 9.17) is 0 Å². The van der Waals surface area contributed by atoms with Crippen LogP contribution in [0.15, 0.2) is 48.5 Å². The number of nitrogens with zero attached hydrogens (tertiary/aromatic N) is 2. The Hall–Kier alpha value is -2.38. The van der Waals surface area contributed by atoms with Gasteiger partial charge < -0.3 is 5.32 Å². The Kier molecular flexibility index (Phi) is 6.59. The molecular formula is C22H29N3O3S. The van der Waals surface area contributed by atoms with Crippen LogP contribution in [0, 0.1) is 12.8 Å². The second kappa shape index (κ2) is 8.97. The third-order valence-electron chi connectivity index (χ3n) is 5.46. The molecule has 0 aromatic heterocycles. The van der Waals surface area contributed by atoms with Crippen molar-refractivity contribution in [2.75, 3.05) is 36.0 Å². The number of nitrogens with one attached hydrogen (secondary N) is 1. The zero-order chi connectivity index (χ0) is 21.0. The molecule has 0 saturated carbocycles. The summed E-state index contributed by atoms with van der Waals surface area (Å²) in [6.45, 7) is 4.78. The molecule has 0 unspecified atom stereocenters. The smallest absolute Gasteiger partial charge is 0.231 e. The van der Waals surface area contributed by atoms with E-state index in [1.54, 1.807) is 24.3 Å². The molecule has 29 heavy (non-hydrogen) atoms. The zero-order valence-corrected chi connectivity index (χ0v) is 18.1. The van der Waals surface area contributed by atoms with Gasteiger partial charge in [-0.15, -0.1) is 0 Å². The molecule has 1 aliphatic heterocycles. The quantitative estimate of drug-likeness (QED) is 0.786. The van der Waals surface area contributed by atoms with Crippen molar-refractivity contribution in [1.82, 2.24) is 4.90 Å². The Bertz CT molecular complexity index is 950. The molecular weight excluding hydrogens is 386 g/mol. The van der Waals surface area contributed by atoms with E-state index in [1.807, 2.05) is 0 Å². The van der Waals surface area contributed by atoms with Crippen molar-refractivity contribution in [2.24, 2.45) is 5.92 Å².